The Bertz CT molecular complexity index is 275. The summed E-state index contributed by atoms with van der Waals surface area (Å²) in [6.07, 6.45) is 3.80. The molecule has 0 aromatic rings. The molecule has 0 bridgehead atoms. The topological polar surface area (TPSA) is 35.5 Å². The van der Waals surface area contributed by atoms with Crippen molar-refractivity contribution in [1.82, 2.24) is 0 Å². The van der Waals surface area contributed by atoms with Crippen LogP contribution in [0.4, 0.5) is 0 Å². The molecule has 5 unspecified atom stereocenters. The maximum atomic E-state index is 10.9. The lowest BCUT2D eigenvalue weighted by molar-refractivity contribution is -0.248. The van der Waals surface area contributed by atoms with Crippen LogP contribution in [-0.2, 0) is 14.3 Å². The van der Waals surface area contributed by atoms with E-state index in [4.69, 9.17) is 9.47 Å². The average Bonchev–Trinajstić information content (AvgIpc) is 2.37. The van der Waals surface area contributed by atoms with Crippen molar-refractivity contribution in [3.8, 4) is 0 Å². The number of ether oxygens (including phenoxy) is 2. The fraction of sp³-hybridized carbons (Fsp3) is 0.938. The minimum atomic E-state index is -0.0755. The molecule has 3 nitrogen and oxygen atoms in total. The van der Waals surface area contributed by atoms with Gasteiger partial charge >= 0.3 is 0 Å². The van der Waals surface area contributed by atoms with Crippen LogP contribution in [0.1, 0.15) is 60.3 Å². The van der Waals surface area contributed by atoms with Gasteiger partial charge in [0.15, 0.2) is 6.29 Å². The van der Waals surface area contributed by atoms with Crippen molar-refractivity contribution >= 4 is 5.78 Å². The zero-order valence-corrected chi connectivity index (χ0v) is 13.1. The van der Waals surface area contributed by atoms with Gasteiger partial charge in [-0.3, -0.25) is 0 Å². The van der Waals surface area contributed by atoms with Crippen LogP contribution < -0.4 is 0 Å². The summed E-state index contributed by atoms with van der Waals surface area (Å²) in [6, 6.07) is 0. The van der Waals surface area contributed by atoms with Gasteiger partial charge in [-0.25, -0.2) is 0 Å². The van der Waals surface area contributed by atoms with Crippen LogP contribution in [0.2, 0.25) is 0 Å². The quantitative estimate of drug-likeness (QED) is 0.660. The van der Waals surface area contributed by atoms with Crippen molar-refractivity contribution in [3.05, 3.63) is 0 Å². The molecule has 0 spiro atoms. The molecule has 0 aliphatic carbocycles. The van der Waals surface area contributed by atoms with E-state index in [0.29, 0.717) is 36.9 Å². The summed E-state index contributed by atoms with van der Waals surface area (Å²) < 4.78 is 12.0. The van der Waals surface area contributed by atoms with Crippen LogP contribution in [0.15, 0.2) is 0 Å². The highest BCUT2D eigenvalue weighted by molar-refractivity contribution is 5.75. The Morgan fingerprint density at radius 1 is 1.11 bits per heavy atom. The van der Waals surface area contributed by atoms with Crippen molar-refractivity contribution in [2.75, 3.05) is 6.61 Å². The first kappa shape index (κ1) is 16.6. The molecule has 1 rings (SSSR count). The first-order valence-electron chi connectivity index (χ1n) is 7.73. The number of rotatable bonds is 7. The summed E-state index contributed by atoms with van der Waals surface area (Å²) in [5.74, 6) is 1.92. The Kier molecular flexibility index (Phi) is 7.01. The van der Waals surface area contributed by atoms with Gasteiger partial charge in [0.2, 0.25) is 0 Å². The molecule has 19 heavy (non-hydrogen) atoms. The molecular weight excluding hydrogens is 240 g/mol. The summed E-state index contributed by atoms with van der Waals surface area (Å²) in [5.41, 5.74) is 0. The minimum absolute atomic E-state index is 0.0755. The molecule has 112 valence electrons. The Balaban J connectivity index is 2.33. The number of unbranched alkanes of at least 4 members (excludes halogenated alkanes) is 1. The molecule has 0 N–H and O–H groups in total. The van der Waals surface area contributed by atoms with E-state index in [2.05, 4.69) is 27.7 Å². The third kappa shape index (κ3) is 4.88. The summed E-state index contributed by atoms with van der Waals surface area (Å²) >= 11 is 0. The lowest BCUT2D eigenvalue weighted by atomic mass is 9.78. The zero-order chi connectivity index (χ0) is 14.4. The van der Waals surface area contributed by atoms with Crippen LogP contribution in [0.3, 0.4) is 0 Å². The van der Waals surface area contributed by atoms with Gasteiger partial charge in [-0.2, -0.15) is 0 Å². The van der Waals surface area contributed by atoms with Gasteiger partial charge in [0.25, 0.3) is 0 Å². The predicted octanol–water partition coefficient (Wildman–Crippen LogP) is 3.81. The van der Waals surface area contributed by atoms with E-state index < -0.39 is 0 Å². The van der Waals surface area contributed by atoms with E-state index in [-0.39, 0.29) is 12.1 Å². The smallest absolute Gasteiger partial charge is 0.160 e. The van der Waals surface area contributed by atoms with Crippen molar-refractivity contribution in [2.24, 2.45) is 17.8 Å². The molecule has 3 heteroatoms. The number of carbonyl (C=O) groups excluding carboxylic acids is 1. The van der Waals surface area contributed by atoms with E-state index in [1.165, 1.54) is 0 Å². The van der Waals surface area contributed by atoms with E-state index in [1.807, 2.05) is 0 Å². The van der Waals surface area contributed by atoms with Gasteiger partial charge in [0, 0.05) is 18.9 Å². The van der Waals surface area contributed by atoms with Crippen LogP contribution in [0.25, 0.3) is 0 Å². The summed E-state index contributed by atoms with van der Waals surface area (Å²) in [6.45, 7) is 11.3. The number of hydrogen-bond donors (Lipinski definition) is 0. The maximum Gasteiger partial charge on any atom is 0.160 e. The normalized spacial score (nSPS) is 35.3. The highest BCUT2D eigenvalue weighted by Crippen LogP contribution is 2.36. The first-order valence-corrected chi connectivity index (χ1v) is 7.73. The molecule has 1 aliphatic heterocycles. The third-order valence-electron chi connectivity index (χ3n) is 4.59. The van der Waals surface area contributed by atoms with Crippen molar-refractivity contribution < 1.29 is 14.3 Å². The second-order valence-corrected chi connectivity index (χ2v) is 6.06. The number of ketones is 1. The van der Waals surface area contributed by atoms with Crippen LogP contribution in [0.5, 0.6) is 0 Å². The number of carbonyl (C=O) groups is 1. The minimum Gasteiger partial charge on any atom is -0.352 e. The van der Waals surface area contributed by atoms with Crippen LogP contribution in [0, 0.1) is 17.8 Å². The van der Waals surface area contributed by atoms with Gasteiger partial charge in [-0.1, -0.05) is 27.7 Å². The molecule has 0 aromatic heterocycles. The zero-order valence-electron chi connectivity index (χ0n) is 13.1. The highest BCUT2D eigenvalue weighted by atomic mass is 16.7. The SMILES string of the molecule is CCC1OC(OCCCCC(C)=O)C(C)C(C)C1C. The molecular formula is C16H30O3. The Hall–Kier alpha value is -0.410. The molecule has 1 aliphatic rings. The highest BCUT2D eigenvalue weighted by Gasteiger charge is 2.38. The molecule has 1 heterocycles. The van der Waals surface area contributed by atoms with Crippen molar-refractivity contribution in [2.45, 2.75) is 72.7 Å². The molecule has 0 radical (unpaired) electrons. The molecule has 0 amide bonds. The van der Waals surface area contributed by atoms with E-state index in [9.17, 15) is 4.79 Å². The second-order valence-electron chi connectivity index (χ2n) is 6.06. The Labute approximate surface area is 118 Å². The fourth-order valence-electron chi connectivity index (χ4n) is 2.82. The first-order chi connectivity index (χ1) is 8.97. The van der Waals surface area contributed by atoms with E-state index in [0.717, 1.165) is 19.3 Å². The Morgan fingerprint density at radius 3 is 2.37 bits per heavy atom. The standard InChI is InChI=1S/C16H30O3/c1-6-15-13(4)12(3)14(5)16(19-15)18-10-8-7-9-11(2)17/h12-16H,6-10H2,1-5H3. The fourth-order valence-corrected chi connectivity index (χ4v) is 2.82. The molecule has 1 fully saturated rings. The molecule has 0 aromatic carbocycles. The van der Waals surface area contributed by atoms with Gasteiger partial charge in [0.05, 0.1) is 6.10 Å². The van der Waals surface area contributed by atoms with Crippen LogP contribution in [-0.4, -0.2) is 24.8 Å². The predicted molar refractivity (Wildman–Crippen MR) is 76.9 cm³/mol. The third-order valence-corrected chi connectivity index (χ3v) is 4.59. The number of hydrogen-bond acceptors (Lipinski definition) is 3. The van der Waals surface area contributed by atoms with E-state index >= 15 is 0 Å². The van der Waals surface area contributed by atoms with Crippen LogP contribution >= 0.6 is 0 Å². The lowest BCUT2D eigenvalue weighted by Gasteiger charge is -2.43. The van der Waals surface area contributed by atoms with Gasteiger partial charge in [0.1, 0.15) is 5.78 Å². The number of Topliss-reactive ketones (excluding diaryl/α,β-unsaturated/α-hetero) is 1. The molecule has 1 saturated heterocycles. The maximum absolute atomic E-state index is 10.9. The molecule has 5 atom stereocenters. The average molecular weight is 270 g/mol. The molecule has 0 saturated carbocycles. The summed E-state index contributed by atoms with van der Waals surface area (Å²) in [7, 11) is 0. The monoisotopic (exact) mass is 270 g/mol. The van der Waals surface area contributed by atoms with Gasteiger partial charge in [-0.05, 0) is 38.0 Å². The summed E-state index contributed by atoms with van der Waals surface area (Å²) in [5, 5.41) is 0. The second kappa shape index (κ2) is 8.01. The lowest BCUT2D eigenvalue weighted by Crippen LogP contribution is -2.45. The van der Waals surface area contributed by atoms with Gasteiger partial charge in [-0.15, -0.1) is 0 Å². The van der Waals surface area contributed by atoms with Crippen molar-refractivity contribution in [3.63, 3.8) is 0 Å². The van der Waals surface area contributed by atoms with Crippen molar-refractivity contribution in [1.29, 1.82) is 0 Å². The van der Waals surface area contributed by atoms with Gasteiger partial charge < -0.3 is 14.3 Å². The largest absolute Gasteiger partial charge is 0.352 e. The summed E-state index contributed by atoms with van der Waals surface area (Å²) in [4.78, 5) is 10.9. The Morgan fingerprint density at radius 2 is 1.79 bits per heavy atom. The van der Waals surface area contributed by atoms with E-state index in [1.54, 1.807) is 6.92 Å².